The normalized spacial score (nSPS) is 13.1. The van der Waals surface area contributed by atoms with Gasteiger partial charge in [0.05, 0.1) is 5.39 Å². The predicted molar refractivity (Wildman–Crippen MR) is 116 cm³/mol. The molecule has 0 saturated heterocycles. The van der Waals surface area contributed by atoms with Crippen molar-refractivity contribution in [1.82, 2.24) is 4.72 Å². The van der Waals surface area contributed by atoms with Crippen molar-refractivity contribution < 1.29 is 4.42 Å². The van der Waals surface area contributed by atoms with Gasteiger partial charge in [-0.3, -0.25) is 9.52 Å². The molecule has 1 aromatic heterocycles. The molecule has 0 aliphatic heterocycles. The maximum atomic E-state index is 13.1. The SMILES string of the molecule is Cc1cc(C(C)NSC(C)(C)C)c2oc(-c3ccccc3)c(C)c(=O)c2c1. The fourth-order valence-corrected chi connectivity index (χ4v) is 3.74. The van der Waals surface area contributed by atoms with Crippen LogP contribution in [0, 0.1) is 13.8 Å². The van der Waals surface area contributed by atoms with E-state index in [4.69, 9.17) is 4.42 Å². The maximum Gasteiger partial charge on any atom is 0.196 e. The van der Waals surface area contributed by atoms with E-state index in [0.29, 0.717) is 22.3 Å². The number of fused-ring (bicyclic) bond motifs is 1. The molecule has 3 aromatic rings. The maximum absolute atomic E-state index is 13.1. The van der Waals surface area contributed by atoms with Gasteiger partial charge in [0.1, 0.15) is 11.3 Å². The molecule has 0 aliphatic carbocycles. The fourth-order valence-electron chi connectivity index (χ4n) is 3.08. The quantitative estimate of drug-likeness (QED) is 0.548. The average molecular weight is 382 g/mol. The number of aryl methyl sites for hydroxylation is 1. The number of hydrogen-bond acceptors (Lipinski definition) is 4. The van der Waals surface area contributed by atoms with Crippen LogP contribution in [-0.4, -0.2) is 4.75 Å². The predicted octanol–water partition coefficient (Wildman–Crippen LogP) is 6.17. The third-order valence-corrected chi connectivity index (χ3v) is 5.52. The smallest absolute Gasteiger partial charge is 0.196 e. The van der Waals surface area contributed by atoms with Gasteiger partial charge in [0.2, 0.25) is 0 Å². The zero-order valence-corrected chi connectivity index (χ0v) is 17.7. The van der Waals surface area contributed by atoms with Gasteiger partial charge >= 0.3 is 0 Å². The van der Waals surface area contributed by atoms with E-state index < -0.39 is 0 Å². The first-order chi connectivity index (χ1) is 12.7. The first kappa shape index (κ1) is 19.7. The molecule has 1 heterocycles. The van der Waals surface area contributed by atoms with Crippen molar-refractivity contribution in [2.75, 3.05) is 0 Å². The van der Waals surface area contributed by atoms with Crippen molar-refractivity contribution in [2.45, 2.75) is 52.3 Å². The zero-order valence-electron chi connectivity index (χ0n) is 16.8. The molecule has 0 fully saturated rings. The second kappa shape index (κ2) is 7.53. The molecule has 0 aliphatic rings. The Bertz CT molecular complexity index is 1020. The molecular formula is C23H27NO2S. The molecule has 0 saturated carbocycles. The Balaban J connectivity index is 2.20. The third-order valence-electron chi connectivity index (χ3n) is 4.44. The molecule has 1 N–H and O–H groups in total. The Morgan fingerprint density at radius 3 is 2.37 bits per heavy atom. The summed E-state index contributed by atoms with van der Waals surface area (Å²) >= 11 is 1.69. The Morgan fingerprint density at radius 1 is 1.07 bits per heavy atom. The van der Waals surface area contributed by atoms with Crippen molar-refractivity contribution in [1.29, 1.82) is 0 Å². The molecule has 2 aromatic carbocycles. The van der Waals surface area contributed by atoms with Crippen LogP contribution in [0.3, 0.4) is 0 Å². The largest absolute Gasteiger partial charge is 0.455 e. The van der Waals surface area contributed by atoms with Crippen LogP contribution in [0.5, 0.6) is 0 Å². The van der Waals surface area contributed by atoms with E-state index in [9.17, 15) is 4.79 Å². The van der Waals surface area contributed by atoms with E-state index in [-0.39, 0.29) is 16.2 Å². The molecule has 0 amide bonds. The van der Waals surface area contributed by atoms with Crippen molar-refractivity contribution >= 4 is 22.9 Å². The topological polar surface area (TPSA) is 42.2 Å². The molecule has 0 bridgehead atoms. The molecule has 1 unspecified atom stereocenters. The van der Waals surface area contributed by atoms with Gasteiger partial charge < -0.3 is 4.42 Å². The molecule has 0 spiro atoms. The second-order valence-corrected chi connectivity index (χ2v) is 9.70. The minimum Gasteiger partial charge on any atom is -0.455 e. The molecule has 3 nitrogen and oxygen atoms in total. The van der Waals surface area contributed by atoms with Crippen LogP contribution in [0.2, 0.25) is 0 Å². The lowest BCUT2D eigenvalue weighted by molar-refractivity contribution is 0.599. The Hall–Kier alpha value is -2.04. The van der Waals surface area contributed by atoms with Crippen LogP contribution >= 0.6 is 11.9 Å². The lowest BCUT2D eigenvalue weighted by Gasteiger charge is -2.23. The van der Waals surface area contributed by atoms with E-state index in [1.54, 1.807) is 11.9 Å². The number of hydrogen-bond donors (Lipinski definition) is 1. The van der Waals surface area contributed by atoms with Crippen LogP contribution < -0.4 is 10.2 Å². The summed E-state index contributed by atoms with van der Waals surface area (Å²) in [5.41, 5.74) is 4.35. The van der Waals surface area contributed by atoms with E-state index in [1.807, 2.05) is 50.2 Å². The van der Waals surface area contributed by atoms with E-state index in [2.05, 4.69) is 38.5 Å². The van der Waals surface area contributed by atoms with Gasteiger partial charge in [-0.15, -0.1) is 0 Å². The van der Waals surface area contributed by atoms with Gasteiger partial charge in [-0.05, 0) is 53.2 Å². The lowest BCUT2D eigenvalue weighted by Crippen LogP contribution is -2.20. The summed E-state index contributed by atoms with van der Waals surface area (Å²) < 4.78 is 9.95. The van der Waals surface area contributed by atoms with Gasteiger partial charge in [-0.2, -0.15) is 0 Å². The molecule has 27 heavy (non-hydrogen) atoms. The number of rotatable bonds is 4. The Kier molecular flexibility index (Phi) is 5.50. The number of nitrogens with one attached hydrogen (secondary N) is 1. The molecule has 142 valence electrons. The number of benzene rings is 2. The highest BCUT2D eigenvalue weighted by atomic mass is 32.2. The van der Waals surface area contributed by atoms with Gasteiger partial charge in [0, 0.05) is 27.5 Å². The monoisotopic (exact) mass is 381 g/mol. The Morgan fingerprint density at radius 2 is 1.74 bits per heavy atom. The molecular weight excluding hydrogens is 354 g/mol. The second-order valence-electron chi connectivity index (χ2n) is 8.04. The average Bonchev–Trinajstić information content (AvgIpc) is 2.62. The summed E-state index contributed by atoms with van der Waals surface area (Å²) in [4.78, 5) is 13.1. The van der Waals surface area contributed by atoms with Crippen LogP contribution in [0.15, 0.2) is 51.7 Å². The standard InChI is InChI=1S/C23H27NO2S/c1-14-12-18(16(3)24-27-23(4,5)6)22-19(13-14)20(25)15(2)21(26-22)17-10-8-7-9-11-17/h7-13,16,24H,1-6H3. The van der Waals surface area contributed by atoms with Gasteiger partial charge in [0.25, 0.3) is 0 Å². The lowest BCUT2D eigenvalue weighted by atomic mass is 9.99. The van der Waals surface area contributed by atoms with Crippen LogP contribution in [0.1, 0.15) is 50.4 Å². The van der Waals surface area contributed by atoms with Crippen LogP contribution in [0.25, 0.3) is 22.3 Å². The summed E-state index contributed by atoms with van der Waals surface area (Å²) in [5.74, 6) is 0.647. The van der Waals surface area contributed by atoms with Crippen LogP contribution in [-0.2, 0) is 0 Å². The first-order valence-corrected chi connectivity index (χ1v) is 10.1. The summed E-state index contributed by atoms with van der Waals surface area (Å²) in [6.45, 7) is 12.5. The highest BCUT2D eigenvalue weighted by Gasteiger charge is 2.20. The highest BCUT2D eigenvalue weighted by Crippen LogP contribution is 2.32. The first-order valence-electron chi connectivity index (χ1n) is 9.24. The summed E-state index contributed by atoms with van der Waals surface area (Å²) in [6.07, 6.45) is 0. The highest BCUT2D eigenvalue weighted by molar-refractivity contribution is 7.98. The molecule has 0 radical (unpaired) electrons. The van der Waals surface area contributed by atoms with Crippen molar-refractivity contribution in [3.05, 3.63) is 69.4 Å². The molecule has 4 heteroatoms. The third kappa shape index (κ3) is 4.28. The van der Waals surface area contributed by atoms with E-state index >= 15 is 0 Å². The van der Waals surface area contributed by atoms with E-state index in [0.717, 1.165) is 16.7 Å². The van der Waals surface area contributed by atoms with Gasteiger partial charge in [0.15, 0.2) is 5.43 Å². The van der Waals surface area contributed by atoms with Crippen molar-refractivity contribution in [2.24, 2.45) is 0 Å². The van der Waals surface area contributed by atoms with Gasteiger partial charge in [-0.1, -0.05) is 48.3 Å². The fraction of sp³-hybridized carbons (Fsp3) is 0.348. The van der Waals surface area contributed by atoms with Gasteiger partial charge in [-0.25, -0.2) is 0 Å². The van der Waals surface area contributed by atoms with E-state index in [1.165, 1.54) is 0 Å². The summed E-state index contributed by atoms with van der Waals surface area (Å²) in [6, 6.07) is 13.9. The minimum absolute atomic E-state index is 0.0377. The zero-order chi connectivity index (χ0) is 19.8. The summed E-state index contributed by atoms with van der Waals surface area (Å²) in [5, 5.41) is 0.650. The molecule has 1 atom stereocenters. The Labute approximate surface area is 165 Å². The van der Waals surface area contributed by atoms with Crippen molar-refractivity contribution in [3.8, 4) is 11.3 Å². The minimum atomic E-state index is 0.0377. The summed E-state index contributed by atoms with van der Waals surface area (Å²) in [7, 11) is 0. The molecule has 3 rings (SSSR count). The van der Waals surface area contributed by atoms with Crippen molar-refractivity contribution in [3.63, 3.8) is 0 Å². The van der Waals surface area contributed by atoms with Crippen LogP contribution in [0.4, 0.5) is 0 Å².